The first-order valence-electron chi connectivity index (χ1n) is 10.4. The molecular weight excluding hydrogens is 300 g/mol. The molecule has 3 saturated carbocycles. The van der Waals surface area contributed by atoms with E-state index in [0.717, 1.165) is 56.3 Å². The number of piperidine rings is 1. The van der Waals surface area contributed by atoms with E-state index < -0.39 is 0 Å². The van der Waals surface area contributed by atoms with Gasteiger partial charge in [-0.05, 0) is 62.2 Å². The lowest BCUT2D eigenvalue weighted by molar-refractivity contribution is -0.134. The molecule has 1 amide bonds. The molecule has 0 aromatic rings. The van der Waals surface area contributed by atoms with Gasteiger partial charge >= 0.3 is 0 Å². The summed E-state index contributed by atoms with van der Waals surface area (Å²) in [5.74, 6) is 3.39. The Balaban J connectivity index is 1.33. The Morgan fingerprint density at radius 1 is 0.917 bits per heavy atom. The summed E-state index contributed by atoms with van der Waals surface area (Å²) in [6.45, 7) is 3.79. The van der Waals surface area contributed by atoms with Gasteiger partial charge in [0.1, 0.15) is 0 Å². The minimum atomic E-state index is 0.279. The normalized spacial score (nSPS) is 34.1. The molecule has 136 valence electrons. The van der Waals surface area contributed by atoms with Crippen LogP contribution in [0.15, 0.2) is 0 Å². The van der Waals surface area contributed by atoms with Crippen LogP contribution in [-0.4, -0.2) is 59.6 Å². The van der Waals surface area contributed by atoms with Gasteiger partial charge in [-0.1, -0.05) is 19.3 Å². The molecule has 0 aromatic carbocycles. The number of aliphatic hydroxyl groups is 1. The molecule has 4 fully saturated rings. The molecule has 3 aliphatic carbocycles. The lowest BCUT2D eigenvalue weighted by Crippen LogP contribution is -2.46. The van der Waals surface area contributed by atoms with Gasteiger partial charge in [-0.25, -0.2) is 0 Å². The fourth-order valence-electron chi connectivity index (χ4n) is 5.78. The van der Waals surface area contributed by atoms with Crippen molar-refractivity contribution in [2.45, 2.75) is 63.8 Å². The quantitative estimate of drug-likeness (QED) is 0.812. The maximum atomic E-state index is 12.9. The molecule has 1 aliphatic heterocycles. The van der Waals surface area contributed by atoms with E-state index in [9.17, 15) is 9.90 Å². The number of fused-ring (bicyclic) bond motifs is 1. The van der Waals surface area contributed by atoms with Crippen LogP contribution in [0, 0.1) is 23.7 Å². The fraction of sp³-hybridized carbons (Fsp3) is 0.950. The van der Waals surface area contributed by atoms with Gasteiger partial charge < -0.3 is 10.0 Å². The highest BCUT2D eigenvalue weighted by atomic mass is 16.3. The molecule has 1 N–H and O–H groups in total. The van der Waals surface area contributed by atoms with E-state index in [4.69, 9.17) is 0 Å². The lowest BCUT2D eigenvalue weighted by Gasteiger charge is -2.34. The molecule has 0 bridgehead atoms. The topological polar surface area (TPSA) is 43.8 Å². The Morgan fingerprint density at radius 3 is 2.21 bits per heavy atom. The van der Waals surface area contributed by atoms with E-state index in [2.05, 4.69) is 9.80 Å². The van der Waals surface area contributed by atoms with E-state index in [1.807, 2.05) is 0 Å². The van der Waals surface area contributed by atoms with Gasteiger partial charge in [0, 0.05) is 32.3 Å². The number of aliphatic hydroxyl groups excluding tert-OH is 1. The molecule has 4 rings (SSSR count). The molecule has 0 spiro atoms. The van der Waals surface area contributed by atoms with Crippen molar-refractivity contribution in [3.8, 4) is 0 Å². The van der Waals surface area contributed by atoms with E-state index in [-0.39, 0.29) is 6.61 Å². The summed E-state index contributed by atoms with van der Waals surface area (Å²) in [5, 5.41) is 9.28. The summed E-state index contributed by atoms with van der Waals surface area (Å²) in [5.41, 5.74) is 0. The average Bonchev–Trinajstić information content (AvgIpc) is 3.01. The van der Waals surface area contributed by atoms with Crippen LogP contribution in [0.4, 0.5) is 0 Å². The first kappa shape index (κ1) is 16.8. The average molecular weight is 335 g/mol. The minimum Gasteiger partial charge on any atom is -0.396 e. The molecule has 4 aliphatic rings. The second kappa shape index (κ2) is 7.33. The van der Waals surface area contributed by atoms with Crippen molar-refractivity contribution in [1.29, 1.82) is 0 Å². The Hall–Kier alpha value is -0.610. The molecule has 2 unspecified atom stereocenters. The summed E-state index contributed by atoms with van der Waals surface area (Å²) in [7, 11) is 0. The SMILES string of the molecule is O=C(CN(CC1CCCC1)C1C2CCC[C@H]21)N1CCC(CO)CC1. The largest absolute Gasteiger partial charge is 0.396 e. The number of likely N-dealkylation sites (tertiary alicyclic amines) is 1. The van der Waals surface area contributed by atoms with Gasteiger partial charge in [-0.3, -0.25) is 9.69 Å². The van der Waals surface area contributed by atoms with Gasteiger partial charge in [-0.15, -0.1) is 0 Å². The number of rotatable bonds is 6. The van der Waals surface area contributed by atoms with Crippen molar-refractivity contribution in [3.05, 3.63) is 0 Å². The highest BCUT2D eigenvalue weighted by Gasteiger charge is 2.55. The van der Waals surface area contributed by atoms with Gasteiger partial charge in [0.25, 0.3) is 0 Å². The van der Waals surface area contributed by atoms with Crippen molar-refractivity contribution < 1.29 is 9.90 Å². The van der Waals surface area contributed by atoms with Gasteiger partial charge in [0.15, 0.2) is 0 Å². The van der Waals surface area contributed by atoms with Crippen molar-refractivity contribution in [3.63, 3.8) is 0 Å². The second-order valence-corrected chi connectivity index (χ2v) is 8.84. The smallest absolute Gasteiger partial charge is 0.236 e. The zero-order valence-electron chi connectivity index (χ0n) is 15.0. The molecule has 1 saturated heterocycles. The monoisotopic (exact) mass is 334 g/mol. The van der Waals surface area contributed by atoms with Crippen LogP contribution in [0.1, 0.15) is 57.8 Å². The molecule has 3 atom stereocenters. The van der Waals surface area contributed by atoms with Crippen LogP contribution >= 0.6 is 0 Å². The summed E-state index contributed by atoms with van der Waals surface area (Å²) >= 11 is 0. The summed E-state index contributed by atoms with van der Waals surface area (Å²) < 4.78 is 0. The third kappa shape index (κ3) is 3.50. The van der Waals surface area contributed by atoms with Crippen LogP contribution < -0.4 is 0 Å². The van der Waals surface area contributed by atoms with Crippen molar-refractivity contribution in [1.82, 2.24) is 9.80 Å². The number of nitrogens with zero attached hydrogens (tertiary/aromatic N) is 2. The van der Waals surface area contributed by atoms with Crippen LogP contribution in [0.3, 0.4) is 0 Å². The van der Waals surface area contributed by atoms with Crippen molar-refractivity contribution in [2.24, 2.45) is 23.7 Å². The van der Waals surface area contributed by atoms with Crippen LogP contribution in [-0.2, 0) is 4.79 Å². The molecule has 0 radical (unpaired) electrons. The predicted molar refractivity (Wildman–Crippen MR) is 94.5 cm³/mol. The van der Waals surface area contributed by atoms with Crippen molar-refractivity contribution >= 4 is 5.91 Å². The highest BCUT2D eigenvalue weighted by Crippen LogP contribution is 2.55. The minimum absolute atomic E-state index is 0.279. The molecule has 0 aromatic heterocycles. The molecule has 1 heterocycles. The zero-order chi connectivity index (χ0) is 16.5. The Kier molecular flexibility index (Phi) is 5.14. The highest BCUT2D eigenvalue weighted by molar-refractivity contribution is 5.78. The number of hydrogen-bond donors (Lipinski definition) is 1. The Morgan fingerprint density at radius 2 is 1.58 bits per heavy atom. The lowest BCUT2D eigenvalue weighted by atomic mass is 9.98. The number of carbonyl (C=O) groups is 1. The first-order chi connectivity index (χ1) is 11.8. The number of hydrogen-bond acceptors (Lipinski definition) is 3. The fourth-order valence-corrected chi connectivity index (χ4v) is 5.78. The Bertz CT molecular complexity index is 431. The maximum Gasteiger partial charge on any atom is 0.236 e. The summed E-state index contributed by atoms with van der Waals surface area (Å²) in [4.78, 5) is 17.5. The zero-order valence-corrected chi connectivity index (χ0v) is 15.0. The summed E-state index contributed by atoms with van der Waals surface area (Å²) in [6.07, 6.45) is 11.7. The van der Waals surface area contributed by atoms with E-state index in [0.29, 0.717) is 18.4 Å². The third-order valence-corrected chi connectivity index (χ3v) is 7.31. The third-order valence-electron chi connectivity index (χ3n) is 7.31. The van der Waals surface area contributed by atoms with E-state index in [1.54, 1.807) is 0 Å². The van der Waals surface area contributed by atoms with Crippen LogP contribution in [0.2, 0.25) is 0 Å². The van der Waals surface area contributed by atoms with Crippen LogP contribution in [0.25, 0.3) is 0 Å². The standard InChI is InChI=1S/C20H34N2O2/c23-14-16-8-10-21(11-9-16)19(24)13-22(12-15-4-1-2-5-15)20-17-6-3-7-18(17)20/h15-18,20,23H,1-14H2/t17-,18?,20?/m1/s1. The molecule has 4 heteroatoms. The van der Waals surface area contributed by atoms with Crippen LogP contribution in [0.5, 0.6) is 0 Å². The van der Waals surface area contributed by atoms with Crippen molar-refractivity contribution in [2.75, 3.05) is 32.8 Å². The van der Waals surface area contributed by atoms with Gasteiger partial charge in [0.05, 0.1) is 6.54 Å². The number of amides is 1. The Labute approximate surface area is 146 Å². The maximum absolute atomic E-state index is 12.9. The predicted octanol–water partition coefficient (Wildman–Crippen LogP) is 2.51. The molecule has 24 heavy (non-hydrogen) atoms. The first-order valence-corrected chi connectivity index (χ1v) is 10.4. The van der Waals surface area contributed by atoms with E-state index >= 15 is 0 Å². The van der Waals surface area contributed by atoms with Gasteiger partial charge in [-0.2, -0.15) is 0 Å². The number of carbonyl (C=O) groups excluding carboxylic acids is 1. The summed E-state index contributed by atoms with van der Waals surface area (Å²) in [6, 6.07) is 0.721. The van der Waals surface area contributed by atoms with E-state index in [1.165, 1.54) is 44.9 Å². The molecular formula is C20H34N2O2. The van der Waals surface area contributed by atoms with Gasteiger partial charge in [0.2, 0.25) is 5.91 Å². The second-order valence-electron chi connectivity index (χ2n) is 8.84. The molecule has 4 nitrogen and oxygen atoms in total.